The van der Waals surface area contributed by atoms with Crippen molar-refractivity contribution in [2.45, 2.75) is 18.9 Å². The van der Waals surface area contributed by atoms with Crippen LogP contribution in [-0.2, 0) is 0 Å². The Kier molecular flexibility index (Phi) is 1.62. The Morgan fingerprint density at radius 3 is 2.82 bits per heavy atom. The quantitative estimate of drug-likeness (QED) is 0.710. The molecule has 0 spiro atoms. The molecule has 1 fully saturated rings. The molecule has 0 bridgehead atoms. The summed E-state index contributed by atoms with van der Waals surface area (Å²) in [6, 6.07) is 1.93. The van der Waals surface area contributed by atoms with Gasteiger partial charge in [0.1, 0.15) is 0 Å². The highest BCUT2D eigenvalue weighted by molar-refractivity contribution is 7.11. The number of thiophene rings is 1. The van der Waals surface area contributed by atoms with E-state index in [-0.39, 0.29) is 6.04 Å². The molecule has 3 heteroatoms. The number of rotatable bonds is 2. The summed E-state index contributed by atoms with van der Waals surface area (Å²) in [6.07, 6.45) is 2.50. The summed E-state index contributed by atoms with van der Waals surface area (Å²) in [4.78, 5) is 0. The van der Waals surface area contributed by atoms with Crippen LogP contribution in [0, 0.1) is 5.92 Å². The Balaban J connectivity index is 2.14. The molecule has 1 aromatic heterocycles. The minimum Gasteiger partial charge on any atom is -0.499 e. The fourth-order valence-corrected chi connectivity index (χ4v) is 1.93. The van der Waals surface area contributed by atoms with Crippen molar-refractivity contribution < 1.29 is 5.11 Å². The second kappa shape index (κ2) is 2.50. The SMILES string of the molecule is NC(c1csc(O)c1)C1CC1. The third-order valence-corrected chi connectivity index (χ3v) is 2.87. The van der Waals surface area contributed by atoms with Crippen molar-refractivity contribution in [3.05, 3.63) is 17.0 Å². The van der Waals surface area contributed by atoms with Gasteiger partial charge in [-0.3, -0.25) is 0 Å². The van der Waals surface area contributed by atoms with Gasteiger partial charge < -0.3 is 10.8 Å². The van der Waals surface area contributed by atoms with Crippen molar-refractivity contribution in [1.82, 2.24) is 0 Å². The minimum atomic E-state index is 0.159. The number of aromatic hydroxyl groups is 1. The highest BCUT2D eigenvalue weighted by atomic mass is 32.1. The first-order valence-electron chi connectivity index (χ1n) is 3.80. The largest absolute Gasteiger partial charge is 0.499 e. The molecule has 1 heterocycles. The van der Waals surface area contributed by atoms with E-state index in [4.69, 9.17) is 10.8 Å². The van der Waals surface area contributed by atoms with Gasteiger partial charge in [0, 0.05) is 6.04 Å². The molecule has 2 rings (SSSR count). The minimum absolute atomic E-state index is 0.159. The molecular weight excluding hydrogens is 158 g/mol. The summed E-state index contributed by atoms with van der Waals surface area (Å²) in [5.74, 6) is 0.670. The number of hydrogen-bond acceptors (Lipinski definition) is 3. The standard InChI is InChI=1S/C8H11NOS/c9-8(5-1-2-5)6-3-7(10)11-4-6/h3-5,8,10H,1-2,9H2. The van der Waals surface area contributed by atoms with Crippen LogP contribution in [0.15, 0.2) is 11.4 Å². The van der Waals surface area contributed by atoms with Crippen LogP contribution in [0.3, 0.4) is 0 Å². The molecule has 0 saturated heterocycles. The predicted molar refractivity (Wildman–Crippen MR) is 45.6 cm³/mol. The summed E-state index contributed by atoms with van der Waals surface area (Å²) >= 11 is 1.35. The number of hydrogen-bond donors (Lipinski definition) is 2. The smallest absolute Gasteiger partial charge is 0.171 e. The molecule has 0 radical (unpaired) electrons. The molecule has 11 heavy (non-hydrogen) atoms. The molecule has 0 amide bonds. The van der Waals surface area contributed by atoms with Crippen LogP contribution in [-0.4, -0.2) is 5.11 Å². The normalized spacial score (nSPS) is 20.1. The summed E-state index contributed by atoms with van der Waals surface area (Å²) in [6.45, 7) is 0. The van der Waals surface area contributed by atoms with Gasteiger partial charge in [0.15, 0.2) is 5.06 Å². The van der Waals surface area contributed by atoms with Crippen molar-refractivity contribution in [3.63, 3.8) is 0 Å². The van der Waals surface area contributed by atoms with Crippen molar-refractivity contribution >= 4 is 11.3 Å². The third kappa shape index (κ3) is 1.39. The molecule has 0 aromatic carbocycles. The molecule has 1 unspecified atom stereocenters. The monoisotopic (exact) mass is 169 g/mol. The lowest BCUT2D eigenvalue weighted by atomic mass is 10.1. The van der Waals surface area contributed by atoms with Crippen molar-refractivity contribution in [2.24, 2.45) is 11.7 Å². The lowest BCUT2D eigenvalue weighted by molar-refractivity contribution is 0.489. The second-order valence-corrected chi connectivity index (χ2v) is 3.97. The van der Waals surface area contributed by atoms with Crippen LogP contribution in [0.1, 0.15) is 24.4 Å². The molecule has 1 saturated carbocycles. The van der Waals surface area contributed by atoms with Gasteiger partial charge in [0.05, 0.1) is 0 Å². The van der Waals surface area contributed by atoms with E-state index in [9.17, 15) is 0 Å². The highest BCUT2D eigenvalue weighted by Gasteiger charge is 2.29. The Labute approximate surface area is 69.7 Å². The Morgan fingerprint density at radius 1 is 1.64 bits per heavy atom. The van der Waals surface area contributed by atoms with Gasteiger partial charge in [0.25, 0.3) is 0 Å². The first kappa shape index (κ1) is 7.13. The van der Waals surface area contributed by atoms with E-state index in [1.807, 2.05) is 5.38 Å². The van der Waals surface area contributed by atoms with E-state index in [1.165, 1.54) is 24.2 Å². The first-order valence-corrected chi connectivity index (χ1v) is 4.68. The van der Waals surface area contributed by atoms with Crippen LogP contribution in [0.4, 0.5) is 0 Å². The highest BCUT2D eigenvalue weighted by Crippen LogP contribution is 2.41. The number of nitrogens with two attached hydrogens (primary N) is 1. The van der Waals surface area contributed by atoms with Gasteiger partial charge in [-0.1, -0.05) is 0 Å². The topological polar surface area (TPSA) is 46.2 Å². The molecule has 1 aliphatic carbocycles. The fourth-order valence-electron chi connectivity index (χ4n) is 1.24. The molecule has 2 nitrogen and oxygen atoms in total. The lowest BCUT2D eigenvalue weighted by Crippen LogP contribution is -2.10. The Bertz CT molecular complexity index is 254. The van der Waals surface area contributed by atoms with E-state index in [1.54, 1.807) is 6.07 Å². The van der Waals surface area contributed by atoms with E-state index in [2.05, 4.69) is 0 Å². The first-order chi connectivity index (χ1) is 5.27. The molecule has 1 atom stereocenters. The van der Waals surface area contributed by atoms with Crippen molar-refractivity contribution in [3.8, 4) is 5.06 Å². The van der Waals surface area contributed by atoms with Crippen molar-refractivity contribution in [2.75, 3.05) is 0 Å². The third-order valence-electron chi connectivity index (χ3n) is 2.12. The van der Waals surface area contributed by atoms with Crippen LogP contribution >= 0.6 is 11.3 Å². The average molecular weight is 169 g/mol. The molecule has 1 aliphatic rings. The molecule has 60 valence electrons. The summed E-state index contributed by atoms with van der Waals surface area (Å²) in [5, 5.41) is 11.4. The van der Waals surface area contributed by atoms with Gasteiger partial charge in [-0.15, -0.1) is 11.3 Å². The summed E-state index contributed by atoms with van der Waals surface area (Å²) < 4.78 is 0. The summed E-state index contributed by atoms with van der Waals surface area (Å²) in [7, 11) is 0. The maximum Gasteiger partial charge on any atom is 0.171 e. The van der Waals surface area contributed by atoms with Gasteiger partial charge in [-0.2, -0.15) is 0 Å². The van der Waals surface area contributed by atoms with E-state index in [0.29, 0.717) is 11.0 Å². The Hall–Kier alpha value is -0.540. The van der Waals surface area contributed by atoms with Gasteiger partial charge in [-0.25, -0.2) is 0 Å². The van der Waals surface area contributed by atoms with Crippen LogP contribution in [0.25, 0.3) is 0 Å². The maximum absolute atomic E-state index is 9.07. The van der Waals surface area contributed by atoms with E-state index >= 15 is 0 Å². The zero-order chi connectivity index (χ0) is 7.84. The van der Waals surface area contributed by atoms with Gasteiger partial charge in [0.2, 0.25) is 0 Å². The fraction of sp³-hybridized carbons (Fsp3) is 0.500. The molecule has 0 aliphatic heterocycles. The molecular formula is C8H11NOS. The zero-order valence-electron chi connectivity index (χ0n) is 6.16. The van der Waals surface area contributed by atoms with Crippen LogP contribution in [0.5, 0.6) is 5.06 Å². The zero-order valence-corrected chi connectivity index (χ0v) is 6.97. The van der Waals surface area contributed by atoms with Crippen LogP contribution in [0.2, 0.25) is 0 Å². The van der Waals surface area contributed by atoms with E-state index in [0.717, 1.165) is 5.56 Å². The van der Waals surface area contributed by atoms with Crippen molar-refractivity contribution in [1.29, 1.82) is 0 Å². The summed E-state index contributed by atoms with van der Waals surface area (Å²) in [5.41, 5.74) is 7.00. The van der Waals surface area contributed by atoms with Gasteiger partial charge in [-0.05, 0) is 35.8 Å². The second-order valence-electron chi connectivity index (χ2n) is 3.08. The maximum atomic E-state index is 9.07. The van der Waals surface area contributed by atoms with Crippen LogP contribution < -0.4 is 5.73 Å². The molecule has 3 N–H and O–H groups in total. The average Bonchev–Trinajstić information content (AvgIpc) is 2.74. The lowest BCUT2D eigenvalue weighted by Gasteiger charge is -2.05. The molecule has 1 aromatic rings. The van der Waals surface area contributed by atoms with Gasteiger partial charge >= 0.3 is 0 Å². The van der Waals surface area contributed by atoms with E-state index < -0.39 is 0 Å². The predicted octanol–water partition coefficient (Wildman–Crippen LogP) is 1.86. The Morgan fingerprint density at radius 2 is 2.36 bits per heavy atom.